The van der Waals surface area contributed by atoms with Gasteiger partial charge in [0.05, 0.1) is 0 Å². The highest BCUT2D eigenvalue weighted by Gasteiger charge is 2.21. The molecule has 26 heavy (non-hydrogen) atoms. The Kier molecular flexibility index (Phi) is 7.18. The summed E-state index contributed by atoms with van der Waals surface area (Å²) in [6, 6.07) is 14.6. The Balaban J connectivity index is 0.00000243. The van der Waals surface area contributed by atoms with Crippen LogP contribution in [0.2, 0.25) is 0 Å². The maximum Gasteiger partial charge on any atom is 0.255 e. The summed E-state index contributed by atoms with van der Waals surface area (Å²) in [6.45, 7) is 3.66. The van der Waals surface area contributed by atoms with E-state index < -0.39 is 0 Å². The minimum Gasteiger partial charge on any atom is -0.326 e. The molecule has 1 saturated heterocycles. The number of hydrogen-bond acceptors (Lipinski definition) is 3. The lowest BCUT2D eigenvalue weighted by Crippen LogP contribution is -2.34. The predicted molar refractivity (Wildman–Crippen MR) is 107 cm³/mol. The van der Waals surface area contributed by atoms with E-state index in [1.165, 1.54) is 0 Å². The van der Waals surface area contributed by atoms with Gasteiger partial charge in [-0.3, -0.25) is 9.59 Å². The van der Waals surface area contributed by atoms with Gasteiger partial charge in [0.1, 0.15) is 0 Å². The lowest BCUT2D eigenvalue weighted by molar-refractivity contribution is -0.120. The third-order valence-corrected chi connectivity index (χ3v) is 4.59. The van der Waals surface area contributed by atoms with Crippen molar-refractivity contribution in [2.75, 3.05) is 23.7 Å². The third kappa shape index (κ3) is 4.84. The second kappa shape index (κ2) is 9.36. The molecule has 138 valence electrons. The minimum absolute atomic E-state index is 0. The van der Waals surface area contributed by atoms with Crippen LogP contribution >= 0.6 is 12.4 Å². The zero-order chi connectivity index (χ0) is 17.6. The lowest BCUT2D eigenvalue weighted by Gasteiger charge is -2.22. The number of anilines is 2. The van der Waals surface area contributed by atoms with E-state index in [2.05, 4.69) is 16.0 Å². The smallest absolute Gasteiger partial charge is 0.255 e. The van der Waals surface area contributed by atoms with Crippen LogP contribution < -0.4 is 16.0 Å². The van der Waals surface area contributed by atoms with Gasteiger partial charge in [-0.05, 0) is 62.7 Å². The number of halogens is 1. The molecule has 2 aromatic rings. The van der Waals surface area contributed by atoms with Crippen molar-refractivity contribution in [3.05, 3.63) is 59.7 Å². The van der Waals surface area contributed by atoms with Crippen LogP contribution in [0.5, 0.6) is 0 Å². The molecule has 0 saturated carbocycles. The predicted octanol–water partition coefficient (Wildman–Crippen LogP) is 3.61. The molecule has 2 aromatic carbocycles. The van der Waals surface area contributed by atoms with E-state index in [0.717, 1.165) is 37.2 Å². The molecular formula is C20H24ClN3O2. The van der Waals surface area contributed by atoms with Gasteiger partial charge >= 0.3 is 0 Å². The third-order valence-electron chi connectivity index (χ3n) is 4.59. The summed E-state index contributed by atoms with van der Waals surface area (Å²) in [5.74, 6) is -0.0649. The normalized spacial score (nSPS) is 14.2. The molecule has 1 fully saturated rings. The van der Waals surface area contributed by atoms with E-state index in [1.54, 1.807) is 12.1 Å². The molecule has 0 aromatic heterocycles. The van der Waals surface area contributed by atoms with Gasteiger partial charge in [0.15, 0.2) is 0 Å². The first kappa shape index (κ1) is 19.9. The first-order valence-electron chi connectivity index (χ1n) is 8.63. The summed E-state index contributed by atoms with van der Waals surface area (Å²) < 4.78 is 0. The average molecular weight is 374 g/mol. The van der Waals surface area contributed by atoms with Crippen LogP contribution in [0.15, 0.2) is 48.5 Å². The van der Waals surface area contributed by atoms with Gasteiger partial charge < -0.3 is 16.0 Å². The van der Waals surface area contributed by atoms with E-state index >= 15 is 0 Å². The van der Waals surface area contributed by atoms with Crippen LogP contribution in [0, 0.1) is 12.8 Å². The van der Waals surface area contributed by atoms with Crippen LogP contribution in [0.3, 0.4) is 0 Å². The Hall–Kier alpha value is -2.37. The highest BCUT2D eigenvalue weighted by molar-refractivity contribution is 6.05. The quantitative estimate of drug-likeness (QED) is 0.766. The number of rotatable bonds is 4. The molecule has 1 aliphatic heterocycles. The van der Waals surface area contributed by atoms with Crippen LogP contribution in [0.1, 0.15) is 28.8 Å². The summed E-state index contributed by atoms with van der Waals surface area (Å²) in [6.07, 6.45) is 1.71. The van der Waals surface area contributed by atoms with Crippen molar-refractivity contribution in [2.45, 2.75) is 19.8 Å². The molecule has 3 rings (SSSR count). The van der Waals surface area contributed by atoms with Crippen LogP contribution in [0.25, 0.3) is 0 Å². The summed E-state index contributed by atoms with van der Waals surface area (Å²) in [4.78, 5) is 24.8. The maximum absolute atomic E-state index is 12.4. The van der Waals surface area contributed by atoms with E-state index in [0.29, 0.717) is 11.3 Å². The van der Waals surface area contributed by atoms with Crippen LogP contribution in [-0.4, -0.2) is 24.9 Å². The molecule has 0 aliphatic carbocycles. The zero-order valence-electron chi connectivity index (χ0n) is 14.7. The van der Waals surface area contributed by atoms with Gasteiger partial charge in [-0.15, -0.1) is 12.4 Å². The molecule has 2 amide bonds. The molecule has 0 radical (unpaired) electrons. The first-order chi connectivity index (χ1) is 12.1. The Morgan fingerprint density at radius 2 is 1.54 bits per heavy atom. The molecule has 1 heterocycles. The van der Waals surface area contributed by atoms with Crippen molar-refractivity contribution in [2.24, 2.45) is 5.92 Å². The molecular weight excluding hydrogens is 350 g/mol. The minimum atomic E-state index is -0.162. The Labute approximate surface area is 160 Å². The maximum atomic E-state index is 12.4. The summed E-state index contributed by atoms with van der Waals surface area (Å²) in [7, 11) is 0. The molecule has 0 spiro atoms. The van der Waals surface area contributed by atoms with Gasteiger partial charge in [-0.25, -0.2) is 0 Å². The molecule has 1 aliphatic rings. The Morgan fingerprint density at radius 1 is 0.923 bits per heavy atom. The molecule has 0 bridgehead atoms. The van der Waals surface area contributed by atoms with E-state index in [9.17, 15) is 9.59 Å². The molecule has 6 heteroatoms. The highest BCUT2D eigenvalue weighted by Crippen LogP contribution is 2.25. The number of carbonyl (C=O) groups excluding carboxylic acids is 2. The largest absolute Gasteiger partial charge is 0.326 e. The lowest BCUT2D eigenvalue weighted by atomic mass is 9.97. The fraction of sp³-hybridized carbons (Fsp3) is 0.300. The van der Waals surface area contributed by atoms with E-state index in [1.807, 2.05) is 43.3 Å². The summed E-state index contributed by atoms with van der Waals surface area (Å²) in [5.41, 5.74) is 2.91. The number of piperidine rings is 1. The van der Waals surface area contributed by atoms with Gasteiger partial charge in [0, 0.05) is 22.9 Å². The molecule has 3 N–H and O–H groups in total. The van der Waals surface area contributed by atoms with Crippen LogP contribution in [-0.2, 0) is 4.79 Å². The van der Waals surface area contributed by atoms with Crippen molar-refractivity contribution in [3.8, 4) is 0 Å². The van der Waals surface area contributed by atoms with Crippen molar-refractivity contribution >= 4 is 35.6 Å². The fourth-order valence-electron chi connectivity index (χ4n) is 3.01. The van der Waals surface area contributed by atoms with Crippen molar-refractivity contribution < 1.29 is 9.59 Å². The molecule has 5 nitrogen and oxygen atoms in total. The number of hydrogen-bond donors (Lipinski definition) is 3. The zero-order valence-corrected chi connectivity index (χ0v) is 15.6. The van der Waals surface area contributed by atoms with E-state index in [4.69, 9.17) is 0 Å². The fourth-order valence-corrected chi connectivity index (χ4v) is 3.01. The SMILES string of the molecule is Cc1c(NC(=O)c2ccccc2)cccc1NC(=O)C1CCNCC1.Cl. The number of benzene rings is 2. The van der Waals surface area contributed by atoms with Gasteiger partial charge in [-0.1, -0.05) is 24.3 Å². The topological polar surface area (TPSA) is 70.2 Å². The Bertz CT molecular complexity index is 759. The number of amides is 2. The summed E-state index contributed by atoms with van der Waals surface area (Å²) in [5, 5.41) is 9.20. The van der Waals surface area contributed by atoms with Gasteiger partial charge in [0.2, 0.25) is 5.91 Å². The van der Waals surface area contributed by atoms with Gasteiger partial charge in [-0.2, -0.15) is 0 Å². The molecule has 0 unspecified atom stereocenters. The number of carbonyl (C=O) groups is 2. The van der Waals surface area contributed by atoms with Crippen molar-refractivity contribution in [3.63, 3.8) is 0 Å². The standard InChI is InChI=1S/C20H23N3O2.ClH/c1-14-17(22-19(24)15-6-3-2-4-7-15)8-5-9-18(14)23-20(25)16-10-12-21-13-11-16;/h2-9,16,21H,10-13H2,1H3,(H,22,24)(H,23,25);1H. The van der Waals surface area contributed by atoms with E-state index in [-0.39, 0.29) is 30.1 Å². The number of nitrogens with one attached hydrogen (secondary N) is 3. The first-order valence-corrected chi connectivity index (χ1v) is 8.63. The monoisotopic (exact) mass is 373 g/mol. The van der Waals surface area contributed by atoms with Crippen molar-refractivity contribution in [1.29, 1.82) is 0 Å². The second-order valence-electron chi connectivity index (χ2n) is 6.31. The molecule has 0 atom stereocenters. The highest BCUT2D eigenvalue weighted by atomic mass is 35.5. The average Bonchev–Trinajstić information content (AvgIpc) is 2.66. The van der Waals surface area contributed by atoms with Crippen LogP contribution in [0.4, 0.5) is 11.4 Å². The van der Waals surface area contributed by atoms with Gasteiger partial charge in [0.25, 0.3) is 5.91 Å². The second-order valence-corrected chi connectivity index (χ2v) is 6.31. The van der Waals surface area contributed by atoms with Crippen molar-refractivity contribution in [1.82, 2.24) is 5.32 Å². The summed E-state index contributed by atoms with van der Waals surface area (Å²) >= 11 is 0. The Morgan fingerprint density at radius 3 is 2.19 bits per heavy atom.